The van der Waals surface area contributed by atoms with Gasteiger partial charge in [0, 0.05) is 18.6 Å². The van der Waals surface area contributed by atoms with Crippen LogP contribution in [0.4, 0.5) is 4.39 Å². The van der Waals surface area contributed by atoms with Crippen molar-refractivity contribution in [3.8, 4) is 5.75 Å². The third kappa shape index (κ3) is 4.76. The molecule has 0 unspecified atom stereocenters. The number of carbonyl (C=O) groups is 1. The Morgan fingerprint density at radius 3 is 2.62 bits per heavy atom. The molecule has 0 aliphatic heterocycles. The van der Waals surface area contributed by atoms with E-state index in [1.807, 2.05) is 0 Å². The van der Waals surface area contributed by atoms with Gasteiger partial charge >= 0.3 is 0 Å². The summed E-state index contributed by atoms with van der Waals surface area (Å²) in [4.78, 5) is 13.5. The van der Waals surface area contributed by atoms with E-state index in [4.69, 9.17) is 16.3 Å². The first-order valence-electron chi connectivity index (χ1n) is 6.41. The fourth-order valence-corrected chi connectivity index (χ4v) is 1.94. The van der Waals surface area contributed by atoms with E-state index in [-0.39, 0.29) is 18.3 Å². The highest BCUT2D eigenvalue weighted by Crippen LogP contribution is 2.17. The van der Waals surface area contributed by atoms with Gasteiger partial charge in [-0.1, -0.05) is 29.8 Å². The normalized spacial score (nSPS) is 10.2. The van der Waals surface area contributed by atoms with E-state index < -0.39 is 0 Å². The number of likely N-dealkylation sites (N-methyl/N-ethyl adjacent to an activating group) is 1. The predicted molar refractivity (Wildman–Crippen MR) is 79.8 cm³/mol. The van der Waals surface area contributed by atoms with Crippen LogP contribution in [0.1, 0.15) is 5.56 Å². The summed E-state index contributed by atoms with van der Waals surface area (Å²) in [5, 5.41) is 0.555. The van der Waals surface area contributed by atoms with Crippen molar-refractivity contribution in [2.24, 2.45) is 0 Å². The van der Waals surface area contributed by atoms with Crippen molar-refractivity contribution in [3.05, 3.63) is 64.9 Å². The highest BCUT2D eigenvalue weighted by Gasteiger charge is 2.10. The monoisotopic (exact) mass is 307 g/mol. The maximum Gasteiger partial charge on any atom is 0.260 e. The van der Waals surface area contributed by atoms with E-state index in [0.717, 1.165) is 5.56 Å². The Bertz CT molecular complexity index is 616. The Labute approximate surface area is 127 Å². The molecule has 110 valence electrons. The first kappa shape index (κ1) is 15.3. The summed E-state index contributed by atoms with van der Waals surface area (Å²) >= 11 is 5.84. The van der Waals surface area contributed by atoms with Gasteiger partial charge in [0.1, 0.15) is 11.6 Å². The van der Waals surface area contributed by atoms with Crippen molar-refractivity contribution in [1.29, 1.82) is 0 Å². The van der Waals surface area contributed by atoms with Crippen LogP contribution in [0.3, 0.4) is 0 Å². The van der Waals surface area contributed by atoms with Crippen LogP contribution in [-0.2, 0) is 11.3 Å². The third-order valence-electron chi connectivity index (χ3n) is 2.92. The summed E-state index contributed by atoms with van der Waals surface area (Å²) in [6, 6.07) is 12.9. The largest absolute Gasteiger partial charge is 0.484 e. The molecule has 0 aromatic heterocycles. The quantitative estimate of drug-likeness (QED) is 0.846. The maximum atomic E-state index is 12.8. The molecule has 0 spiro atoms. The molecule has 0 saturated heterocycles. The van der Waals surface area contributed by atoms with Gasteiger partial charge < -0.3 is 9.64 Å². The van der Waals surface area contributed by atoms with Crippen LogP contribution in [0.15, 0.2) is 48.5 Å². The second kappa shape index (κ2) is 7.09. The van der Waals surface area contributed by atoms with Crippen molar-refractivity contribution in [2.45, 2.75) is 6.54 Å². The fourth-order valence-electron chi connectivity index (χ4n) is 1.76. The summed E-state index contributed by atoms with van der Waals surface area (Å²) in [6.45, 7) is 0.329. The van der Waals surface area contributed by atoms with Gasteiger partial charge in [0.15, 0.2) is 6.61 Å². The van der Waals surface area contributed by atoms with Crippen LogP contribution in [-0.4, -0.2) is 24.5 Å². The van der Waals surface area contributed by atoms with Crippen LogP contribution >= 0.6 is 11.6 Å². The van der Waals surface area contributed by atoms with E-state index in [9.17, 15) is 9.18 Å². The summed E-state index contributed by atoms with van der Waals surface area (Å²) in [5.41, 5.74) is 0.856. The van der Waals surface area contributed by atoms with Gasteiger partial charge in [0.25, 0.3) is 5.91 Å². The topological polar surface area (TPSA) is 29.5 Å². The van der Waals surface area contributed by atoms with E-state index in [0.29, 0.717) is 17.3 Å². The highest BCUT2D eigenvalue weighted by atomic mass is 35.5. The Morgan fingerprint density at radius 1 is 1.24 bits per heavy atom. The van der Waals surface area contributed by atoms with Gasteiger partial charge in [0.05, 0.1) is 0 Å². The zero-order chi connectivity index (χ0) is 15.2. The summed E-state index contributed by atoms with van der Waals surface area (Å²) < 4.78 is 18.2. The lowest BCUT2D eigenvalue weighted by Gasteiger charge is -2.17. The number of halogens is 2. The lowest BCUT2D eigenvalue weighted by Crippen LogP contribution is -2.30. The van der Waals surface area contributed by atoms with Crippen LogP contribution < -0.4 is 4.74 Å². The molecule has 2 rings (SSSR count). The average molecular weight is 308 g/mol. The molecule has 2 aromatic rings. The van der Waals surface area contributed by atoms with E-state index in [1.165, 1.54) is 17.0 Å². The van der Waals surface area contributed by atoms with E-state index in [1.54, 1.807) is 43.4 Å². The number of carbonyl (C=O) groups excluding carboxylic acids is 1. The van der Waals surface area contributed by atoms with Crippen LogP contribution in [0.5, 0.6) is 5.75 Å². The van der Waals surface area contributed by atoms with Gasteiger partial charge in [-0.2, -0.15) is 0 Å². The molecular formula is C16H15ClFNO2. The Morgan fingerprint density at radius 2 is 1.95 bits per heavy atom. The maximum absolute atomic E-state index is 12.8. The number of rotatable bonds is 5. The smallest absolute Gasteiger partial charge is 0.260 e. The lowest BCUT2D eigenvalue weighted by atomic mass is 10.2. The van der Waals surface area contributed by atoms with E-state index >= 15 is 0 Å². The van der Waals surface area contributed by atoms with Gasteiger partial charge in [0.2, 0.25) is 0 Å². The molecular weight excluding hydrogens is 293 g/mol. The third-order valence-corrected chi connectivity index (χ3v) is 3.15. The molecule has 0 N–H and O–H groups in total. The number of nitrogens with zero attached hydrogens (tertiary/aromatic N) is 1. The first-order chi connectivity index (χ1) is 10.0. The molecule has 0 heterocycles. The van der Waals surface area contributed by atoms with Gasteiger partial charge in [-0.15, -0.1) is 0 Å². The van der Waals surface area contributed by atoms with Crippen LogP contribution in [0.2, 0.25) is 5.02 Å². The Balaban J connectivity index is 1.86. The number of benzene rings is 2. The summed E-state index contributed by atoms with van der Waals surface area (Å²) in [7, 11) is 1.67. The molecule has 5 heteroatoms. The second-order valence-electron chi connectivity index (χ2n) is 4.62. The van der Waals surface area contributed by atoms with Crippen LogP contribution in [0, 0.1) is 5.82 Å². The molecule has 0 radical (unpaired) electrons. The second-order valence-corrected chi connectivity index (χ2v) is 5.06. The fraction of sp³-hybridized carbons (Fsp3) is 0.188. The Hall–Kier alpha value is -2.07. The standard InChI is InChI=1S/C16H15ClFNO2/c1-19(10-12-5-7-14(18)8-6-12)16(20)11-21-15-4-2-3-13(17)9-15/h2-9H,10-11H2,1H3. The number of hydrogen-bond acceptors (Lipinski definition) is 2. The number of amides is 1. The SMILES string of the molecule is CN(Cc1ccc(F)cc1)C(=O)COc1cccc(Cl)c1. The highest BCUT2D eigenvalue weighted by molar-refractivity contribution is 6.30. The zero-order valence-corrected chi connectivity index (χ0v) is 12.3. The molecule has 0 saturated carbocycles. The van der Waals surface area contributed by atoms with Gasteiger partial charge in [-0.25, -0.2) is 4.39 Å². The number of ether oxygens (including phenoxy) is 1. The molecule has 21 heavy (non-hydrogen) atoms. The van der Waals surface area contributed by atoms with Crippen molar-refractivity contribution in [2.75, 3.05) is 13.7 Å². The Kier molecular flexibility index (Phi) is 5.17. The molecule has 0 fully saturated rings. The van der Waals surface area contributed by atoms with E-state index in [2.05, 4.69) is 0 Å². The van der Waals surface area contributed by atoms with Crippen LogP contribution in [0.25, 0.3) is 0 Å². The van der Waals surface area contributed by atoms with Crippen molar-refractivity contribution < 1.29 is 13.9 Å². The van der Waals surface area contributed by atoms with Gasteiger partial charge in [-0.05, 0) is 35.9 Å². The van der Waals surface area contributed by atoms with Crippen molar-refractivity contribution in [3.63, 3.8) is 0 Å². The number of hydrogen-bond donors (Lipinski definition) is 0. The average Bonchev–Trinajstić information content (AvgIpc) is 2.47. The minimum atomic E-state index is -0.294. The minimum Gasteiger partial charge on any atom is -0.484 e. The van der Waals surface area contributed by atoms with Crippen molar-refractivity contribution in [1.82, 2.24) is 4.90 Å². The summed E-state index contributed by atoms with van der Waals surface area (Å²) in [6.07, 6.45) is 0. The summed E-state index contributed by atoms with van der Waals surface area (Å²) in [5.74, 6) is 0.0855. The van der Waals surface area contributed by atoms with Gasteiger partial charge in [-0.3, -0.25) is 4.79 Å². The van der Waals surface area contributed by atoms with Crippen molar-refractivity contribution >= 4 is 17.5 Å². The molecule has 0 aliphatic rings. The molecule has 2 aromatic carbocycles. The molecule has 3 nitrogen and oxygen atoms in total. The first-order valence-corrected chi connectivity index (χ1v) is 6.79. The zero-order valence-electron chi connectivity index (χ0n) is 11.6. The predicted octanol–water partition coefficient (Wildman–Crippen LogP) is 3.52. The lowest BCUT2D eigenvalue weighted by molar-refractivity contribution is -0.132. The molecule has 0 bridgehead atoms. The minimum absolute atomic E-state index is 0.0714. The molecule has 0 aliphatic carbocycles. The molecule has 0 atom stereocenters. The molecule has 1 amide bonds.